The summed E-state index contributed by atoms with van der Waals surface area (Å²) < 4.78 is 0. The first-order chi connectivity index (χ1) is 11.3. The molecule has 4 heteroatoms. The van der Waals surface area contributed by atoms with Gasteiger partial charge in [-0.1, -0.05) is 24.3 Å². The maximum atomic E-state index is 12.0. The molecule has 0 atom stereocenters. The van der Waals surface area contributed by atoms with Gasteiger partial charge in [-0.2, -0.15) is 0 Å². The number of carbonyl (C=O) groups is 1. The molecule has 0 fully saturated rings. The highest BCUT2D eigenvalue weighted by Gasteiger charge is 2.21. The fourth-order valence-electron chi connectivity index (χ4n) is 2.73. The van der Waals surface area contributed by atoms with Crippen molar-refractivity contribution < 1.29 is 4.79 Å². The summed E-state index contributed by atoms with van der Waals surface area (Å²) in [6.07, 6.45) is 0. The van der Waals surface area contributed by atoms with Crippen molar-refractivity contribution in [2.75, 3.05) is 45.0 Å². The number of nitrogens with zero attached hydrogens (tertiary/aromatic N) is 3. The average molecular weight is 325 g/mol. The Balaban J connectivity index is 2.42. The van der Waals surface area contributed by atoms with Crippen LogP contribution < -0.4 is 9.80 Å². The highest BCUT2D eigenvalue weighted by molar-refractivity contribution is 5.74. The molecule has 24 heavy (non-hydrogen) atoms. The third-order valence-corrected chi connectivity index (χ3v) is 4.33. The van der Waals surface area contributed by atoms with Crippen LogP contribution in [0.5, 0.6) is 0 Å². The molecular weight excluding hydrogens is 298 g/mol. The number of amides is 1. The number of rotatable bonds is 5. The van der Waals surface area contributed by atoms with Crippen molar-refractivity contribution >= 4 is 17.3 Å². The maximum absolute atomic E-state index is 12.0. The van der Waals surface area contributed by atoms with Gasteiger partial charge in [-0.15, -0.1) is 0 Å². The van der Waals surface area contributed by atoms with E-state index in [1.54, 1.807) is 11.8 Å². The summed E-state index contributed by atoms with van der Waals surface area (Å²) in [6, 6.07) is 16.6. The zero-order valence-electron chi connectivity index (χ0n) is 15.4. The van der Waals surface area contributed by atoms with Crippen molar-refractivity contribution in [2.24, 2.45) is 0 Å². The van der Waals surface area contributed by atoms with Crippen LogP contribution in [0.3, 0.4) is 0 Å². The fourth-order valence-corrected chi connectivity index (χ4v) is 2.73. The van der Waals surface area contributed by atoms with E-state index in [2.05, 4.69) is 58.3 Å². The zero-order valence-corrected chi connectivity index (χ0v) is 15.4. The highest BCUT2D eigenvalue weighted by Crippen LogP contribution is 2.30. The van der Waals surface area contributed by atoms with Gasteiger partial charge >= 0.3 is 0 Å². The molecule has 0 unspecified atom stereocenters. The van der Waals surface area contributed by atoms with Crippen LogP contribution in [0.1, 0.15) is 24.1 Å². The van der Waals surface area contributed by atoms with Crippen LogP contribution in [0.15, 0.2) is 48.5 Å². The summed E-state index contributed by atoms with van der Waals surface area (Å²) in [4.78, 5) is 17.9. The third kappa shape index (κ3) is 3.88. The predicted octanol–water partition coefficient (Wildman–Crippen LogP) is 3.39. The van der Waals surface area contributed by atoms with E-state index in [0.717, 1.165) is 22.5 Å². The summed E-state index contributed by atoms with van der Waals surface area (Å²) in [5.74, 6) is 0.0494. The normalized spacial score (nSPS) is 10.6. The molecule has 0 saturated carbocycles. The summed E-state index contributed by atoms with van der Waals surface area (Å²) in [7, 11) is 9.94. The van der Waals surface area contributed by atoms with Crippen LogP contribution in [0.2, 0.25) is 0 Å². The largest absolute Gasteiger partial charge is 0.378 e. The summed E-state index contributed by atoms with van der Waals surface area (Å²) in [5.41, 5.74) is 4.50. The van der Waals surface area contributed by atoms with Gasteiger partial charge in [0.05, 0.1) is 6.04 Å². The van der Waals surface area contributed by atoms with Crippen LogP contribution >= 0.6 is 0 Å². The molecule has 2 aromatic rings. The first kappa shape index (κ1) is 17.9. The van der Waals surface area contributed by atoms with Gasteiger partial charge in [-0.25, -0.2) is 0 Å². The molecule has 0 aliphatic carbocycles. The Morgan fingerprint density at radius 1 is 0.708 bits per heavy atom. The van der Waals surface area contributed by atoms with E-state index in [-0.39, 0.29) is 11.9 Å². The number of hydrogen-bond donors (Lipinski definition) is 0. The van der Waals surface area contributed by atoms with E-state index in [9.17, 15) is 4.79 Å². The minimum atomic E-state index is -0.0880. The Labute approximate surface area is 145 Å². The van der Waals surface area contributed by atoms with Gasteiger partial charge in [0, 0.05) is 53.5 Å². The Morgan fingerprint density at radius 2 is 1.04 bits per heavy atom. The van der Waals surface area contributed by atoms with Gasteiger partial charge in [0.15, 0.2) is 0 Å². The average Bonchev–Trinajstić information content (AvgIpc) is 2.55. The van der Waals surface area contributed by atoms with E-state index in [4.69, 9.17) is 0 Å². The zero-order chi connectivity index (χ0) is 17.9. The van der Waals surface area contributed by atoms with E-state index in [1.165, 1.54) is 0 Å². The van der Waals surface area contributed by atoms with Crippen LogP contribution in [-0.2, 0) is 4.79 Å². The molecule has 0 bridgehead atoms. The SMILES string of the molecule is CC(=O)N(C)C(c1ccc(N(C)C)cc1)c1ccc(N(C)C)cc1. The quantitative estimate of drug-likeness (QED) is 0.843. The fraction of sp³-hybridized carbons (Fsp3) is 0.350. The molecule has 1 amide bonds. The van der Waals surface area contributed by atoms with Crippen molar-refractivity contribution in [3.63, 3.8) is 0 Å². The molecule has 128 valence electrons. The Bertz CT molecular complexity index is 624. The van der Waals surface area contributed by atoms with Crippen LogP contribution in [-0.4, -0.2) is 46.0 Å². The van der Waals surface area contributed by atoms with Crippen molar-refractivity contribution in [1.82, 2.24) is 4.90 Å². The van der Waals surface area contributed by atoms with Gasteiger partial charge in [0.2, 0.25) is 5.91 Å². The van der Waals surface area contributed by atoms with Crippen LogP contribution in [0, 0.1) is 0 Å². The number of hydrogen-bond acceptors (Lipinski definition) is 3. The lowest BCUT2D eigenvalue weighted by Crippen LogP contribution is -2.30. The lowest BCUT2D eigenvalue weighted by molar-refractivity contribution is -0.129. The molecule has 0 saturated heterocycles. The second-order valence-corrected chi connectivity index (χ2v) is 6.50. The monoisotopic (exact) mass is 325 g/mol. The Morgan fingerprint density at radius 3 is 1.29 bits per heavy atom. The van der Waals surface area contributed by atoms with Crippen molar-refractivity contribution in [2.45, 2.75) is 13.0 Å². The first-order valence-corrected chi connectivity index (χ1v) is 8.09. The molecule has 0 aliphatic rings. The van der Waals surface area contributed by atoms with Crippen LogP contribution in [0.4, 0.5) is 11.4 Å². The van der Waals surface area contributed by atoms with E-state index >= 15 is 0 Å². The maximum Gasteiger partial charge on any atom is 0.219 e. The minimum Gasteiger partial charge on any atom is -0.378 e. The number of carbonyl (C=O) groups excluding carboxylic acids is 1. The molecule has 0 spiro atoms. The minimum absolute atomic E-state index is 0.0494. The molecule has 0 aromatic heterocycles. The summed E-state index contributed by atoms with van der Waals surface area (Å²) >= 11 is 0. The van der Waals surface area contributed by atoms with Crippen molar-refractivity contribution in [3.8, 4) is 0 Å². The molecule has 0 radical (unpaired) electrons. The summed E-state index contributed by atoms with van der Waals surface area (Å²) in [5, 5.41) is 0. The van der Waals surface area contributed by atoms with E-state index < -0.39 is 0 Å². The lowest BCUT2D eigenvalue weighted by Gasteiger charge is -2.29. The smallest absolute Gasteiger partial charge is 0.219 e. The lowest BCUT2D eigenvalue weighted by atomic mass is 9.96. The standard InChI is InChI=1S/C20H27N3O/c1-15(24)23(6)20(16-7-11-18(12-8-16)21(2)3)17-9-13-19(14-10-17)22(4)5/h7-14,20H,1-6H3. The van der Waals surface area contributed by atoms with E-state index in [1.807, 2.05) is 35.2 Å². The molecular formula is C20H27N3O. The van der Waals surface area contributed by atoms with Gasteiger partial charge in [0.25, 0.3) is 0 Å². The molecule has 2 aromatic carbocycles. The third-order valence-electron chi connectivity index (χ3n) is 4.33. The second-order valence-electron chi connectivity index (χ2n) is 6.50. The van der Waals surface area contributed by atoms with Gasteiger partial charge in [0.1, 0.15) is 0 Å². The Kier molecular flexibility index (Phi) is 5.50. The summed E-state index contributed by atoms with van der Waals surface area (Å²) in [6.45, 7) is 1.61. The molecule has 4 nitrogen and oxygen atoms in total. The highest BCUT2D eigenvalue weighted by atomic mass is 16.2. The molecule has 0 N–H and O–H groups in total. The molecule has 0 heterocycles. The van der Waals surface area contributed by atoms with Crippen molar-refractivity contribution in [1.29, 1.82) is 0 Å². The molecule has 2 rings (SSSR count). The van der Waals surface area contributed by atoms with Gasteiger partial charge in [-0.05, 0) is 35.4 Å². The second kappa shape index (κ2) is 7.39. The van der Waals surface area contributed by atoms with Gasteiger partial charge in [-0.3, -0.25) is 4.79 Å². The van der Waals surface area contributed by atoms with Crippen molar-refractivity contribution in [3.05, 3.63) is 59.7 Å². The first-order valence-electron chi connectivity index (χ1n) is 8.09. The Hall–Kier alpha value is -2.49. The van der Waals surface area contributed by atoms with Gasteiger partial charge < -0.3 is 14.7 Å². The molecule has 0 aliphatic heterocycles. The van der Waals surface area contributed by atoms with Crippen LogP contribution in [0.25, 0.3) is 0 Å². The van der Waals surface area contributed by atoms with E-state index in [0.29, 0.717) is 0 Å². The number of anilines is 2. The topological polar surface area (TPSA) is 26.8 Å². The predicted molar refractivity (Wildman–Crippen MR) is 102 cm³/mol. The number of benzene rings is 2.